The molecule has 0 spiro atoms. The lowest BCUT2D eigenvalue weighted by molar-refractivity contribution is 0.378. The molecule has 0 atom stereocenters. The quantitative estimate of drug-likeness (QED) is 0.266. The Morgan fingerprint density at radius 2 is 1.97 bits per heavy atom. The summed E-state index contributed by atoms with van der Waals surface area (Å²) in [6.45, 7) is 1.22. The van der Waals surface area contributed by atoms with Crippen molar-refractivity contribution in [2.24, 2.45) is 4.99 Å². The number of hydrogen-bond acceptors (Lipinski definition) is 7. The van der Waals surface area contributed by atoms with E-state index in [9.17, 15) is 0 Å². The third kappa shape index (κ3) is 6.82. The molecule has 29 heavy (non-hydrogen) atoms. The summed E-state index contributed by atoms with van der Waals surface area (Å²) < 4.78 is 5.31. The molecule has 0 aliphatic heterocycles. The van der Waals surface area contributed by atoms with Gasteiger partial charge >= 0.3 is 0 Å². The van der Waals surface area contributed by atoms with Gasteiger partial charge in [-0.1, -0.05) is 16.8 Å². The van der Waals surface area contributed by atoms with Crippen LogP contribution in [0.3, 0.4) is 0 Å². The smallest absolute Gasteiger partial charge is 0.228 e. The summed E-state index contributed by atoms with van der Waals surface area (Å²) in [5, 5.41) is 14.2. The average molecular weight is 548 g/mol. The first-order valence-corrected chi connectivity index (χ1v) is 9.95. The van der Waals surface area contributed by atoms with Gasteiger partial charge in [0.2, 0.25) is 11.7 Å². The Morgan fingerprint density at radius 1 is 1.21 bits per heavy atom. The van der Waals surface area contributed by atoms with Crippen molar-refractivity contribution in [1.29, 1.82) is 0 Å². The van der Waals surface area contributed by atoms with Crippen LogP contribution in [0.25, 0.3) is 11.4 Å². The molecule has 0 aliphatic rings. The molecular formula is C18H23ClIN7OS. The summed E-state index contributed by atoms with van der Waals surface area (Å²) in [7, 11) is 5.69. The summed E-state index contributed by atoms with van der Waals surface area (Å²) >= 11 is 7.51. The minimum Gasteiger partial charge on any atom is -0.356 e. The number of halogens is 2. The standard InChI is InChI=1S/C18H22ClN7OS.HI/c1-20-17(22-10-14-11-28-18(23-14)26(2)3)21-9-8-15-24-16(25-27-15)12-4-6-13(19)7-5-12;/h4-7,11H,8-10H2,1-3H3,(H2,20,21,22);1H. The fourth-order valence-corrected chi connectivity index (χ4v) is 3.22. The number of aromatic nitrogens is 3. The molecule has 0 saturated carbocycles. The number of nitrogens with zero attached hydrogens (tertiary/aromatic N) is 5. The van der Waals surface area contributed by atoms with Crippen LogP contribution in [0.1, 0.15) is 11.6 Å². The lowest BCUT2D eigenvalue weighted by Gasteiger charge is -2.10. The fourth-order valence-electron chi connectivity index (χ4n) is 2.34. The normalized spacial score (nSPS) is 11.1. The van der Waals surface area contributed by atoms with Crippen LogP contribution in [-0.2, 0) is 13.0 Å². The summed E-state index contributed by atoms with van der Waals surface area (Å²) in [5.41, 5.74) is 1.84. The number of rotatable bonds is 7. The molecule has 0 saturated heterocycles. The van der Waals surface area contributed by atoms with E-state index in [4.69, 9.17) is 16.1 Å². The van der Waals surface area contributed by atoms with E-state index in [0.29, 0.717) is 42.2 Å². The minimum absolute atomic E-state index is 0. The van der Waals surface area contributed by atoms with Crippen molar-refractivity contribution in [2.75, 3.05) is 32.6 Å². The zero-order valence-corrected chi connectivity index (χ0v) is 20.2. The Bertz CT molecular complexity index is 926. The van der Waals surface area contributed by atoms with Crippen LogP contribution in [0.15, 0.2) is 39.2 Å². The first kappa shape index (κ1) is 23.4. The van der Waals surface area contributed by atoms with Crippen LogP contribution in [0.4, 0.5) is 5.13 Å². The predicted molar refractivity (Wildman–Crippen MR) is 129 cm³/mol. The number of nitrogens with one attached hydrogen (secondary N) is 2. The van der Waals surface area contributed by atoms with Crippen LogP contribution in [0.2, 0.25) is 5.02 Å². The van der Waals surface area contributed by atoms with Gasteiger partial charge in [-0.2, -0.15) is 4.98 Å². The summed E-state index contributed by atoms with van der Waals surface area (Å²) in [4.78, 5) is 15.2. The van der Waals surface area contributed by atoms with Gasteiger partial charge in [-0.05, 0) is 24.3 Å². The third-order valence-electron chi connectivity index (χ3n) is 3.78. The van der Waals surface area contributed by atoms with E-state index in [1.165, 1.54) is 0 Å². The highest BCUT2D eigenvalue weighted by molar-refractivity contribution is 14.0. The molecule has 0 fully saturated rings. The van der Waals surface area contributed by atoms with Crippen molar-refractivity contribution in [3.63, 3.8) is 0 Å². The molecule has 0 radical (unpaired) electrons. The molecular weight excluding hydrogens is 525 g/mol. The maximum absolute atomic E-state index is 5.90. The van der Waals surface area contributed by atoms with Gasteiger partial charge in [-0.3, -0.25) is 4.99 Å². The molecule has 2 aromatic heterocycles. The van der Waals surface area contributed by atoms with Crippen molar-refractivity contribution in [3.05, 3.63) is 46.3 Å². The van der Waals surface area contributed by atoms with Crippen LogP contribution in [0, 0.1) is 0 Å². The molecule has 0 aliphatic carbocycles. The monoisotopic (exact) mass is 547 g/mol. The van der Waals surface area contributed by atoms with Gasteiger partial charge in [-0.15, -0.1) is 35.3 Å². The Hall–Kier alpha value is -1.92. The maximum atomic E-state index is 5.90. The van der Waals surface area contributed by atoms with Crippen LogP contribution >= 0.6 is 46.9 Å². The predicted octanol–water partition coefficient (Wildman–Crippen LogP) is 3.44. The largest absolute Gasteiger partial charge is 0.356 e. The van der Waals surface area contributed by atoms with Crippen LogP contribution < -0.4 is 15.5 Å². The highest BCUT2D eigenvalue weighted by Gasteiger charge is 2.09. The molecule has 0 amide bonds. The summed E-state index contributed by atoms with van der Waals surface area (Å²) in [6, 6.07) is 7.32. The summed E-state index contributed by atoms with van der Waals surface area (Å²) in [6.07, 6.45) is 0.586. The molecule has 1 aromatic carbocycles. The molecule has 2 heterocycles. The molecule has 3 rings (SSSR count). The van der Waals surface area contributed by atoms with Gasteiger partial charge in [0.25, 0.3) is 0 Å². The van der Waals surface area contributed by atoms with Gasteiger partial charge in [0.15, 0.2) is 11.1 Å². The molecule has 156 valence electrons. The van der Waals surface area contributed by atoms with Crippen molar-refractivity contribution in [3.8, 4) is 11.4 Å². The van der Waals surface area contributed by atoms with E-state index in [1.54, 1.807) is 30.5 Å². The zero-order chi connectivity index (χ0) is 19.9. The van der Waals surface area contributed by atoms with E-state index in [0.717, 1.165) is 16.4 Å². The maximum Gasteiger partial charge on any atom is 0.228 e. The number of anilines is 1. The van der Waals surface area contributed by atoms with Crippen molar-refractivity contribution in [2.45, 2.75) is 13.0 Å². The Morgan fingerprint density at radius 3 is 2.62 bits per heavy atom. The van der Waals surface area contributed by atoms with E-state index in [1.807, 2.05) is 36.5 Å². The molecule has 11 heteroatoms. The first-order valence-electron chi connectivity index (χ1n) is 8.70. The SMILES string of the molecule is CN=C(NCCc1nc(-c2ccc(Cl)cc2)no1)NCc1csc(N(C)C)n1.I. The average Bonchev–Trinajstić information content (AvgIpc) is 3.35. The Kier molecular flexibility index (Phi) is 9.11. The summed E-state index contributed by atoms with van der Waals surface area (Å²) in [5.74, 6) is 1.80. The zero-order valence-electron chi connectivity index (χ0n) is 16.3. The fraction of sp³-hybridized carbons (Fsp3) is 0.333. The minimum atomic E-state index is 0. The van der Waals surface area contributed by atoms with Gasteiger partial charge < -0.3 is 20.1 Å². The Balaban J connectivity index is 0.00000300. The van der Waals surface area contributed by atoms with Crippen molar-refractivity contribution < 1.29 is 4.52 Å². The highest BCUT2D eigenvalue weighted by atomic mass is 127. The van der Waals surface area contributed by atoms with E-state index >= 15 is 0 Å². The van der Waals surface area contributed by atoms with Crippen molar-refractivity contribution in [1.82, 2.24) is 25.8 Å². The van der Waals surface area contributed by atoms with Gasteiger partial charge in [0.1, 0.15) is 0 Å². The van der Waals surface area contributed by atoms with E-state index in [-0.39, 0.29) is 24.0 Å². The lowest BCUT2D eigenvalue weighted by Crippen LogP contribution is -2.38. The molecule has 2 N–H and O–H groups in total. The second-order valence-electron chi connectivity index (χ2n) is 6.14. The first-order chi connectivity index (χ1) is 13.5. The molecule has 0 unspecified atom stereocenters. The highest BCUT2D eigenvalue weighted by Crippen LogP contribution is 2.19. The lowest BCUT2D eigenvalue weighted by atomic mass is 10.2. The molecule has 3 aromatic rings. The topological polar surface area (TPSA) is 91.5 Å². The third-order valence-corrected chi connectivity index (χ3v) is 5.09. The van der Waals surface area contributed by atoms with Crippen LogP contribution in [-0.4, -0.2) is 48.8 Å². The second-order valence-corrected chi connectivity index (χ2v) is 7.41. The number of benzene rings is 1. The van der Waals surface area contributed by atoms with E-state index in [2.05, 4.69) is 30.8 Å². The van der Waals surface area contributed by atoms with E-state index < -0.39 is 0 Å². The van der Waals surface area contributed by atoms with Crippen LogP contribution in [0.5, 0.6) is 0 Å². The van der Waals surface area contributed by atoms with Crippen molar-refractivity contribution >= 4 is 58.0 Å². The second kappa shape index (κ2) is 11.3. The van der Waals surface area contributed by atoms with Gasteiger partial charge in [0.05, 0.1) is 12.2 Å². The van der Waals surface area contributed by atoms with Gasteiger partial charge in [-0.25, -0.2) is 4.98 Å². The number of aliphatic imine (C=N–C) groups is 1. The Labute approximate surface area is 195 Å². The number of thiazole rings is 1. The number of guanidine groups is 1. The molecule has 0 bridgehead atoms. The molecule has 8 nitrogen and oxygen atoms in total. The number of hydrogen-bond donors (Lipinski definition) is 2. The van der Waals surface area contributed by atoms with Gasteiger partial charge in [0, 0.05) is 50.1 Å².